The maximum absolute atomic E-state index is 8.98. The number of likely N-dealkylation sites (N-methyl/N-ethyl adjacent to an activating group) is 1. The number of aliphatic hydroxyl groups excluding tert-OH is 1. The molecule has 0 unspecified atom stereocenters. The molecule has 2 aromatic heterocycles. The highest BCUT2D eigenvalue weighted by Gasteiger charge is 2.08. The summed E-state index contributed by atoms with van der Waals surface area (Å²) in [6.07, 6.45) is 3.24. The van der Waals surface area contributed by atoms with Gasteiger partial charge in [0, 0.05) is 37.2 Å². The summed E-state index contributed by atoms with van der Waals surface area (Å²) in [6.45, 7) is 0.718. The second-order valence-electron chi connectivity index (χ2n) is 5.01. The van der Waals surface area contributed by atoms with Crippen molar-refractivity contribution in [1.29, 1.82) is 0 Å². The molecule has 0 bridgehead atoms. The summed E-state index contributed by atoms with van der Waals surface area (Å²) in [5, 5.41) is 8.98. The predicted octanol–water partition coefficient (Wildman–Crippen LogP) is 1.70. The van der Waals surface area contributed by atoms with Gasteiger partial charge in [-0.05, 0) is 18.2 Å². The first-order chi connectivity index (χ1) is 10.7. The van der Waals surface area contributed by atoms with Crippen LogP contribution < -0.4 is 10.6 Å². The van der Waals surface area contributed by atoms with Crippen molar-refractivity contribution in [2.24, 2.45) is 0 Å². The van der Waals surface area contributed by atoms with E-state index in [0.29, 0.717) is 17.9 Å². The topological polar surface area (TPSA) is 88.2 Å². The fourth-order valence-electron chi connectivity index (χ4n) is 2.31. The summed E-state index contributed by atoms with van der Waals surface area (Å²) < 4.78 is 0. The van der Waals surface area contributed by atoms with Crippen LogP contribution in [0.3, 0.4) is 0 Å². The van der Waals surface area contributed by atoms with Gasteiger partial charge in [0.15, 0.2) is 5.82 Å². The summed E-state index contributed by atoms with van der Waals surface area (Å²) in [5.41, 5.74) is 10.1. The van der Waals surface area contributed by atoms with Gasteiger partial charge in [0.1, 0.15) is 5.52 Å². The molecule has 0 aliphatic heterocycles. The van der Waals surface area contributed by atoms with Crippen LogP contribution in [0.15, 0.2) is 42.7 Å². The number of nitrogens with two attached hydrogens (primary N) is 1. The lowest BCUT2D eigenvalue weighted by atomic mass is 10.1. The SMILES string of the molecule is CN(CCO)c1ccc(-c2cc3nccnc3c(N)n2)cc1. The van der Waals surface area contributed by atoms with E-state index in [-0.39, 0.29) is 6.61 Å². The molecule has 6 nitrogen and oxygen atoms in total. The Morgan fingerprint density at radius 3 is 2.59 bits per heavy atom. The molecule has 0 saturated heterocycles. The Morgan fingerprint density at radius 1 is 1.14 bits per heavy atom. The van der Waals surface area contributed by atoms with Crippen LogP contribution in [0, 0.1) is 0 Å². The Bertz CT molecular complexity index is 788. The minimum atomic E-state index is 0.125. The summed E-state index contributed by atoms with van der Waals surface area (Å²) >= 11 is 0. The Hall–Kier alpha value is -2.73. The average molecular weight is 295 g/mol. The third kappa shape index (κ3) is 2.68. The normalized spacial score (nSPS) is 10.8. The lowest BCUT2D eigenvalue weighted by molar-refractivity contribution is 0.304. The number of hydrogen-bond acceptors (Lipinski definition) is 6. The molecule has 112 valence electrons. The van der Waals surface area contributed by atoms with Gasteiger partial charge in [0.05, 0.1) is 17.8 Å². The van der Waals surface area contributed by atoms with Crippen LogP contribution in [-0.2, 0) is 0 Å². The van der Waals surface area contributed by atoms with Crippen LogP contribution in [0.4, 0.5) is 11.5 Å². The molecule has 2 heterocycles. The van der Waals surface area contributed by atoms with E-state index >= 15 is 0 Å². The maximum Gasteiger partial charge on any atom is 0.152 e. The van der Waals surface area contributed by atoms with Crippen LogP contribution in [-0.4, -0.2) is 40.3 Å². The van der Waals surface area contributed by atoms with Gasteiger partial charge in [-0.1, -0.05) is 12.1 Å². The number of nitrogens with zero attached hydrogens (tertiary/aromatic N) is 4. The molecule has 0 spiro atoms. The number of aliphatic hydroxyl groups is 1. The van der Waals surface area contributed by atoms with Crippen molar-refractivity contribution < 1.29 is 5.11 Å². The number of pyridine rings is 1. The molecule has 0 aliphatic carbocycles. The van der Waals surface area contributed by atoms with E-state index in [0.717, 1.165) is 22.5 Å². The van der Waals surface area contributed by atoms with Crippen LogP contribution in [0.1, 0.15) is 0 Å². The molecule has 0 aliphatic rings. The molecular formula is C16H17N5O. The summed E-state index contributed by atoms with van der Waals surface area (Å²) in [5.74, 6) is 0.377. The molecule has 0 radical (unpaired) electrons. The van der Waals surface area contributed by atoms with E-state index < -0.39 is 0 Å². The van der Waals surface area contributed by atoms with Crippen molar-refractivity contribution >= 4 is 22.5 Å². The highest BCUT2D eigenvalue weighted by atomic mass is 16.3. The summed E-state index contributed by atoms with van der Waals surface area (Å²) in [6, 6.07) is 9.82. The van der Waals surface area contributed by atoms with E-state index in [1.165, 1.54) is 0 Å². The third-order valence-corrected chi connectivity index (χ3v) is 3.52. The van der Waals surface area contributed by atoms with Crippen LogP contribution in [0.2, 0.25) is 0 Å². The van der Waals surface area contributed by atoms with Crippen molar-refractivity contribution in [2.45, 2.75) is 0 Å². The zero-order valence-electron chi connectivity index (χ0n) is 12.3. The quantitative estimate of drug-likeness (QED) is 0.761. The molecule has 0 amide bonds. The lowest BCUT2D eigenvalue weighted by Gasteiger charge is -2.18. The van der Waals surface area contributed by atoms with Gasteiger partial charge in [0.2, 0.25) is 0 Å². The third-order valence-electron chi connectivity index (χ3n) is 3.52. The molecule has 0 saturated carbocycles. The number of hydrogen-bond donors (Lipinski definition) is 2. The Labute approximate surface area is 128 Å². The Kier molecular flexibility index (Phi) is 3.84. The number of nitrogen functional groups attached to an aromatic ring is 1. The molecule has 22 heavy (non-hydrogen) atoms. The van der Waals surface area contributed by atoms with Gasteiger partial charge in [-0.2, -0.15) is 0 Å². The largest absolute Gasteiger partial charge is 0.395 e. The number of fused-ring (bicyclic) bond motifs is 1. The first-order valence-electron chi connectivity index (χ1n) is 6.98. The first-order valence-corrected chi connectivity index (χ1v) is 6.98. The van der Waals surface area contributed by atoms with E-state index in [2.05, 4.69) is 15.0 Å². The second kappa shape index (κ2) is 5.95. The number of aromatic nitrogens is 3. The predicted molar refractivity (Wildman–Crippen MR) is 87.5 cm³/mol. The number of rotatable bonds is 4. The second-order valence-corrected chi connectivity index (χ2v) is 5.01. The average Bonchev–Trinajstić information content (AvgIpc) is 2.55. The molecule has 3 N–H and O–H groups in total. The van der Waals surface area contributed by atoms with Gasteiger partial charge in [-0.15, -0.1) is 0 Å². The fourth-order valence-corrected chi connectivity index (χ4v) is 2.31. The van der Waals surface area contributed by atoms with Crippen molar-refractivity contribution in [3.63, 3.8) is 0 Å². The molecule has 0 atom stereocenters. The first kappa shape index (κ1) is 14.2. The van der Waals surface area contributed by atoms with Gasteiger partial charge in [-0.25, -0.2) is 9.97 Å². The minimum Gasteiger partial charge on any atom is -0.395 e. The zero-order valence-corrected chi connectivity index (χ0v) is 12.3. The maximum atomic E-state index is 8.98. The van der Waals surface area contributed by atoms with E-state index in [4.69, 9.17) is 10.8 Å². The summed E-state index contributed by atoms with van der Waals surface area (Å²) in [4.78, 5) is 14.9. The molecule has 3 aromatic rings. The van der Waals surface area contributed by atoms with Crippen molar-refractivity contribution in [3.05, 3.63) is 42.7 Å². The van der Waals surface area contributed by atoms with Gasteiger partial charge in [-0.3, -0.25) is 4.98 Å². The molecule has 6 heteroatoms. The van der Waals surface area contributed by atoms with E-state index in [1.807, 2.05) is 42.3 Å². The molecular weight excluding hydrogens is 278 g/mol. The van der Waals surface area contributed by atoms with Crippen molar-refractivity contribution in [1.82, 2.24) is 15.0 Å². The van der Waals surface area contributed by atoms with Crippen molar-refractivity contribution in [2.75, 3.05) is 30.8 Å². The monoisotopic (exact) mass is 295 g/mol. The van der Waals surface area contributed by atoms with Crippen LogP contribution in [0.5, 0.6) is 0 Å². The highest BCUT2D eigenvalue weighted by Crippen LogP contribution is 2.25. The smallest absolute Gasteiger partial charge is 0.152 e. The summed E-state index contributed by atoms with van der Waals surface area (Å²) in [7, 11) is 1.94. The number of anilines is 2. The standard InChI is InChI=1S/C16H17N5O/c1-21(8-9-22)12-4-2-11(3-5-12)13-10-14-15(16(17)20-13)19-7-6-18-14/h2-7,10,22H,8-9H2,1H3,(H2,17,20). The van der Waals surface area contributed by atoms with E-state index in [1.54, 1.807) is 12.4 Å². The van der Waals surface area contributed by atoms with Crippen molar-refractivity contribution in [3.8, 4) is 11.3 Å². The molecule has 1 aromatic carbocycles. The highest BCUT2D eigenvalue weighted by molar-refractivity contribution is 5.87. The van der Waals surface area contributed by atoms with Gasteiger partial charge < -0.3 is 15.7 Å². The lowest BCUT2D eigenvalue weighted by Crippen LogP contribution is -2.20. The van der Waals surface area contributed by atoms with Gasteiger partial charge in [0.25, 0.3) is 0 Å². The molecule has 3 rings (SSSR count). The Balaban J connectivity index is 1.97. The fraction of sp³-hybridized carbons (Fsp3) is 0.188. The Morgan fingerprint density at radius 2 is 1.86 bits per heavy atom. The molecule has 0 fully saturated rings. The van der Waals surface area contributed by atoms with Gasteiger partial charge >= 0.3 is 0 Å². The number of benzene rings is 1. The zero-order chi connectivity index (χ0) is 15.5. The van der Waals surface area contributed by atoms with Crippen LogP contribution in [0.25, 0.3) is 22.3 Å². The van der Waals surface area contributed by atoms with Crippen LogP contribution >= 0.6 is 0 Å². The minimum absolute atomic E-state index is 0.125. The van der Waals surface area contributed by atoms with E-state index in [9.17, 15) is 0 Å².